The van der Waals surface area contributed by atoms with Crippen LogP contribution < -0.4 is 11.1 Å². The van der Waals surface area contributed by atoms with Crippen molar-refractivity contribution in [1.82, 2.24) is 14.8 Å². The number of hydrogen-bond donors (Lipinski definition) is 2. The summed E-state index contributed by atoms with van der Waals surface area (Å²) in [6, 6.07) is 1.09. The fraction of sp³-hybridized carbons (Fsp3) is 0.182. The van der Waals surface area contributed by atoms with E-state index in [0.29, 0.717) is 11.4 Å². The van der Waals surface area contributed by atoms with Crippen molar-refractivity contribution < 1.29 is 9.72 Å². The average Bonchev–Trinajstić information content (AvgIpc) is 2.67. The lowest BCUT2D eigenvalue weighted by atomic mass is 10.2. The molecule has 0 aliphatic carbocycles. The Kier molecular flexibility index (Phi) is 3.34. The summed E-state index contributed by atoms with van der Waals surface area (Å²) in [4.78, 5) is 25.8. The predicted octanol–water partition coefficient (Wildman–Crippen LogP) is 0.866. The molecule has 0 spiro atoms. The van der Waals surface area contributed by atoms with Gasteiger partial charge in [-0.2, -0.15) is 5.10 Å². The van der Waals surface area contributed by atoms with E-state index in [-0.39, 0.29) is 17.1 Å². The summed E-state index contributed by atoms with van der Waals surface area (Å²) in [5.74, 6) is -0.649. The van der Waals surface area contributed by atoms with Gasteiger partial charge in [-0.05, 0) is 6.92 Å². The maximum Gasteiger partial charge on any atom is 0.288 e. The first-order valence-corrected chi connectivity index (χ1v) is 5.60. The standard InChI is InChI=1S/C11H12N6O3/c1-6-9(5-16(2)15-6)14-11(18)8-3-7(17(19)20)4-13-10(8)12/h3-5H,1-2H3,(H2,12,13)(H,14,18). The number of nitrogen functional groups attached to an aromatic ring is 1. The highest BCUT2D eigenvalue weighted by Gasteiger charge is 2.18. The molecule has 0 saturated carbocycles. The number of pyridine rings is 1. The van der Waals surface area contributed by atoms with E-state index in [4.69, 9.17) is 5.73 Å². The van der Waals surface area contributed by atoms with Crippen LogP contribution in [0.15, 0.2) is 18.5 Å². The van der Waals surface area contributed by atoms with Crippen molar-refractivity contribution in [3.63, 3.8) is 0 Å². The van der Waals surface area contributed by atoms with Crippen molar-refractivity contribution in [2.45, 2.75) is 6.92 Å². The zero-order valence-corrected chi connectivity index (χ0v) is 10.8. The third-order valence-electron chi connectivity index (χ3n) is 2.62. The number of nitrogens with one attached hydrogen (secondary N) is 1. The molecular weight excluding hydrogens is 264 g/mol. The van der Waals surface area contributed by atoms with Gasteiger partial charge in [0.1, 0.15) is 12.0 Å². The minimum Gasteiger partial charge on any atom is -0.383 e. The summed E-state index contributed by atoms with van der Waals surface area (Å²) < 4.78 is 1.54. The van der Waals surface area contributed by atoms with Gasteiger partial charge in [-0.15, -0.1) is 0 Å². The van der Waals surface area contributed by atoms with Crippen LogP contribution in [0.4, 0.5) is 17.2 Å². The molecule has 2 rings (SSSR count). The SMILES string of the molecule is Cc1nn(C)cc1NC(=O)c1cc([N+](=O)[O-])cnc1N. The van der Waals surface area contributed by atoms with E-state index in [2.05, 4.69) is 15.4 Å². The molecular formula is C11H12N6O3. The van der Waals surface area contributed by atoms with E-state index < -0.39 is 10.8 Å². The fourth-order valence-electron chi connectivity index (χ4n) is 1.66. The van der Waals surface area contributed by atoms with Gasteiger partial charge in [-0.3, -0.25) is 19.6 Å². The third kappa shape index (κ3) is 2.55. The van der Waals surface area contributed by atoms with Gasteiger partial charge in [0.15, 0.2) is 0 Å². The lowest BCUT2D eigenvalue weighted by Gasteiger charge is -2.05. The lowest BCUT2D eigenvalue weighted by Crippen LogP contribution is -2.15. The first-order chi connectivity index (χ1) is 9.38. The highest BCUT2D eigenvalue weighted by Crippen LogP contribution is 2.19. The molecule has 0 saturated heterocycles. The zero-order valence-electron chi connectivity index (χ0n) is 10.8. The Morgan fingerprint density at radius 2 is 2.25 bits per heavy atom. The second-order valence-corrected chi connectivity index (χ2v) is 4.14. The molecule has 9 heteroatoms. The molecule has 9 nitrogen and oxygen atoms in total. The van der Waals surface area contributed by atoms with Gasteiger partial charge in [0.05, 0.1) is 21.9 Å². The largest absolute Gasteiger partial charge is 0.383 e. The number of aromatic nitrogens is 3. The highest BCUT2D eigenvalue weighted by molar-refractivity contribution is 6.07. The van der Waals surface area contributed by atoms with E-state index in [0.717, 1.165) is 12.3 Å². The summed E-state index contributed by atoms with van der Waals surface area (Å²) in [5.41, 5.74) is 6.35. The van der Waals surface area contributed by atoms with E-state index in [1.165, 1.54) is 0 Å². The van der Waals surface area contributed by atoms with E-state index >= 15 is 0 Å². The molecule has 104 valence electrons. The molecule has 3 N–H and O–H groups in total. The normalized spacial score (nSPS) is 10.3. The van der Waals surface area contributed by atoms with Gasteiger partial charge in [-0.1, -0.05) is 0 Å². The molecule has 0 radical (unpaired) electrons. The van der Waals surface area contributed by atoms with E-state index in [1.807, 2.05) is 0 Å². The first-order valence-electron chi connectivity index (χ1n) is 5.60. The van der Waals surface area contributed by atoms with E-state index in [1.54, 1.807) is 24.9 Å². The van der Waals surface area contributed by atoms with Crippen molar-refractivity contribution >= 4 is 23.1 Å². The molecule has 0 bridgehead atoms. The lowest BCUT2D eigenvalue weighted by molar-refractivity contribution is -0.385. The molecule has 0 aromatic carbocycles. The molecule has 2 aromatic heterocycles. The van der Waals surface area contributed by atoms with Crippen LogP contribution in [0.25, 0.3) is 0 Å². The van der Waals surface area contributed by atoms with Crippen LogP contribution in [-0.2, 0) is 7.05 Å². The number of carbonyl (C=O) groups is 1. The minimum atomic E-state index is -0.640. The number of amides is 1. The monoisotopic (exact) mass is 276 g/mol. The molecule has 0 fully saturated rings. The Hall–Kier alpha value is -2.97. The number of hydrogen-bond acceptors (Lipinski definition) is 6. The molecule has 0 unspecified atom stereocenters. The number of rotatable bonds is 3. The Labute approximate surface area is 113 Å². The number of anilines is 2. The summed E-state index contributed by atoms with van der Waals surface area (Å²) in [6.07, 6.45) is 2.62. The summed E-state index contributed by atoms with van der Waals surface area (Å²) in [6.45, 7) is 1.73. The molecule has 0 atom stereocenters. The van der Waals surface area contributed by atoms with Crippen LogP contribution in [0.3, 0.4) is 0 Å². The van der Waals surface area contributed by atoms with Crippen molar-refractivity contribution in [3.8, 4) is 0 Å². The summed E-state index contributed by atoms with van der Waals surface area (Å²) in [7, 11) is 1.71. The Balaban J connectivity index is 2.31. The molecule has 20 heavy (non-hydrogen) atoms. The van der Waals surface area contributed by atoms with Gasteiger partial charge >= 0.3 is 0 Å². The van der Waals surface area contributed by atoms with Crippen molar-refractivity contribution in [2.24, 2.45) is 7.05 Å². The zero-order chi connectivity index (χ0) is 14.9. The number of nitrogens with zero attached hydrogens (tertiary/aromatic N) is 4. The van der Waals surface area contributed by atoms with Gasteiger partial charge in [0, 0.05) is 19.3 Å². The predicted molar refractivity (Wildman–Crippen MR) is 71.2 cm³/mol. The van der Waals surface area contributed by atoms with Crippen LogP contribution in [0.1, 0.15) is 16.1 Å². The molecule has 0 aliphatic heterocycles. The van der Waals surface area contributed by atoms with E-state index in [9.17, 15) is 14.9 Å². The summed E-state index contributed by atoms with van der Waals surface area (Å²) in [5, 5.41) is 17.3. The van der Waals surface area contributed by atoms with Crippen LogP contribution in [0.2, 0.25) is 0 Å². The molecule has 2 aromatic rings. The Morgan fingerprint density at radius 3 is 2.80 bits per heavy atom. The summed E-state index contributed by atoms with van der Waals surface area (Å²) >= 11 is 0. The number of aryl methyl sites for hydroxylation is 2. The Bertz CT molecular complexity index is 693. The van der Waals surface area contributed by atoms with Crippen molar-refractivity contribution in [1.29, 1.82) is 0 Å². The smallest absolute Gasteiger partial charge is 0.288 e. The second-order valence-electron chi connectivity index (χ2n) is 4.14. The quantitative estimate of drug-likeness (QED) is 0.632. The van der Waals surface area contributed by atoms with Crippen molar-refractivity contribution in [2.75, 3.05) is 11.1 Å². The molecule has 0 aliphatic rings. The first kappa shape index (κ1) is 13.5. The number of nitro groups is 1. The molecule has 2 heterocycles. The Morgan fingerprint density at radius 1 is 1.55 bits per heavy atom. The van der Waals surface area contributed by atoms with Crippen LogP contribution in [0, 0.1) is 17.0 Å². The van der Waals surface area contributed by atoms with Gasteiger partial charge in [0.2, 0.25) is 0 Å². The molecule has 1 amide bonds. The highest BCUT2D eigenvalue weighted by atomic mass is 16.6. The minimum absolute atomic E-state index is 0.0533. The third-order valence-corrected chi connectivity index (χ3v) is 2.62. The van der Waals surface area contributed by atoms with Crippen LogP contribution in [0.5, 0.6) is 0 Å². The van der Waals surface area contributed by atoms with Crippen molar-refractivity contribution in [3.05, 3.63) is 39.8 Å². The average molecular weight is 276 g/mol. The fourth-order valence-corrected chi connectivity index (χ4v) is 1.66. The maximum absolute atomic E-state index is 12.1. The topological polar surface area (TPSA) is 129 Å². The van der Waals surface area contributed by atoms with Gasteiger partial charge < -0.3 is 11.1 Å². The van der Waals surface area contributed by atoms with Gasteiger partial charge in [-0.25, -0.2) is 4.98 Å². The maximum atomic E-state index is 12.1. The number of nitrogens with two attached hydrogens (primary N) is 1. The van der Waals surface area contributed by atoms with Crippen LogP contribution in [-0.4, -0.2) is 25.6 Å². The number of carbonyl (C=O) groups excluding carboxylic acids is 1. The van der Waals surface area contributed by atoms with Crippen LogP contribution >= 0.6 is 0 Å². The second kappa shape index (κ2) is 4.96. The van der Waals surface area contributed by atoms with Gasteiger partial charge in [0.25, 0.3) is 11.6 Å².